The molecule has 0 aromatic heterocycles. The maximum atomic E-state index is 13.8. The second kappa shape index (κ2) is 28.6. The van der Waals surface area contributed by atoms with Crippen molar-refractivity contribution in [1.29, 1.82) is 0 Å². The van der Waals surface area contributed by atoms with Crippen molar-refractivity contribution in [2.24, 2.45) is 23.5 Å². The number of hydrogen-bond acceptors (Lipinski definition) is 17. The Kier molecular flexibility index (Phi) is 24.1. The minimum absolute atomic E-state index is 0.0856. The van der Waals surface area contributed by atoms with Crippen LogP contribution in [0.25, 0.3) is 0 Å². The third-order valence-electron chi connectivity index (χ3n) is 13.5. The maximum absolute atomic E-state index is 13.8. The van der Waals surface area contributed by atoms with Crippen LogP contribution in [0.4, 0.5) is 0 Å². The van der Waals surface area contributed by atoms with Crippen LogP contribution in [0.15, 0.2) is 85.1 Å². The van der Waals surface area contributed by atoms with Gasteiger partial charge in [0.15, 0.2) is 12.1 Å². The summed E-state index contributed by atoms with van der Waals surface area (Å²) in [4.78, 5) is 26.5. The highest BCUT2D eigenvalue weighted by Gasteiger charge is 2.51. The fraction of sp³-hybridized carbons (Fsp3) is 0.686. The summed E-state index contributed by atoms with van der Waals surface area (Å²) in [6.45, 7) is 6.82. The quantitative estimate of drug-likeness (QED) is 0.177. The zero-order valence-corrected chi connectivity index (χ0v) is 40.3. The Bertz CT molecular complexity index is 1780. The van der Waals surface area contributed by atoms with Crippen LogP contribution >= 0.6 is 0 Å². The number of aliphatic hydroxyl groups excluding tert-OH is 9. The number of amides is 1. The van der Waals surface area contributed by atoms with E-state index in [4.69, 9.17) is 24.7 Å². The molecule has 3 fully saturated rings. The lowest BCUT2D eigenvalue weighted by atomic mass is 9.81. The lowest BCUT2D eigenvalue weighted by molar-refractivity contribution is -0.307. The lowest BCUT2D eigenvalue weighted by Crippen LogP contribution is -2.62. The Labute approximate surface area is 406 Å². The molecule has 2 saturated heterocycles. The van der Waals surface area contributed by atoms with E-state index in [1.807, 2.05) is 49.5 Å². The third-order valence-corrected chi connectivity index (χ3v) is 13.5. The average molecular weight is 977 g/mol. The Morgan fingerprint density at radius 3 is 1.86 bits per heavy atom. The summed E-state index contributed by atoms with van der Waals surface area (Å²) in [5, 5.41) is 113. The summed E-state index contributed by atoms with van der Waals surface area (Å²) < 4.78 is 23.8. The van der Waals surface area contributed by atoms with E-state index in [2.05, 4.69) is 5.32 Å². The lowest BCUT2D eigenvalue weighted by Gasteiger charge is -2.46. The molecule has 8 unspecified atom stereocenters. The number of allylic oxidation sites excluding steroid dienone is 12. The number of nitrogens with two attached hydrogens (primary N) is 1. The van der Waals surface area contributed by atoms with Crippen LogP contribution < -0.4 is 11.1 Å². The molecule has 0 aromatic carbocycles. The second-order valence-electron chi connectivity index (χ2n) is 19.4. The number of carbonyl (C=O) groups excluding carboxylic acids is 2. The Morgan fingerprint density at radius 2 is 1.26 bits per heavy atom. The SMILES string of the molecule is C[C@@H]1OC(=O)CC(O)CC(O)CCC(O)C(O)C[C@H](O)CC2(O)C[C@H](O)C(C(=O)NC3CCC3)[C@H](CC(O[C@@H]3O[C@H](C)[C@@H](O)[C@H](N)[C@@H]3O)/C=C/C=C/C=C/C=C/C=C/C=C/C=C/[C@H](C)C(O)[C@H]1C)O2. The van der Waals surface area contributed by atoms with E-state index in [1.54, 1.807) is 63.3 Å². The molecule has 0 radical (unpaired) electrons. The number of esters is 1. The maximum Gasteiger partial charge on any atom is 0.308 e. The molecule has 18 nitrogen and oxygen atoms in total. The Balaban J connectivity index is 1.58. The van der Waals surface area contributed by atoms with E-state index in [0.717, 1.165) is 19.3 Å². The van der Waals surface area contributed by atoms with Crippen LogP contribution in [-0.2, 0) is 28.5 Å². The van der Waals surface area contributed by atoms with Gasteiger partial charge >= 0.3 is 5.97 Å². The van der Waals surface area contributed by atoms with Gasteiger partial charge in [-0.25, -0.2) is 0 Å². The molecule has 390 valence electrons. The molecule has 1 aliphatic carbocycles. The standard InChI is InChI=1S/C51H80N2O16/c1-30-18-15-13-11-9-7-5-6-8-10-12-14-16-21-38(68-50-48(63)45(52)47(62)33(4)67-50)27-42-44(49(64)53-34-19-17-20-34)41(59)29-51(65,69-42)28-37(56)25-40(58)39(57)23-22-35(54)24-36(55)26-43(60)66-32(3)31(2)46(30)61/h5-16,18,21,30-42,44-48,50,54-59,61-63,65H,17,19-20,22-29,52H2,1-4H3,(H,53,64)/b6-5+,9-7+,10-8+,13-11+,14-12+,18-15+,21-16+/t30-,31-,32-,33+,35?,36?,37-,38?,39?,40?,41-,42-,44?,45-,46?,47+,48-,50-,51?/m0/s1. The van der Waals surface area contributed by atoms with Gasteiger partial charge in [-0.3, -0.25) is 9.59 Å². The highest BCUT2D eigenvalue weighted by Crippen LogP contribution is 2.38. The van der Waals surface area contributed by atoms with Crippen molar-refractivity contribution in [2.45, 2.75) is 202 Å². The summed E-state index contributed by atoms with van der Waals surface area (Å²) in [5.41, 5.74) is 6.11. The summed E-state index contributed by atoms with van der Waals surface area (Å²) >= 11 is 0. The number of cyclic esters (lactones) is 1. The van der Waals surface area contributed by atoms with Crippen molar-refractivity contribution in [2.75, 3.05) is 0 Å². The van der Waals surface area contributed by atoms with E-state index >= 15 is 0 Å². The predicted octanol–water partition coefficient (Wildman–Crippen LogP) is 1.30. The normalized spacial score (nSPS) is 44.8. The summed E-state index contributed by atoms with van der Waals surface area (Å²) in [5.74, 6) is -5.41. The minimum Gasteiger partial charge on any atom is -0.462 e. The molecule has 13 N–H and O–H groups in total. The molecule has 3 heterocycles. The van der Waals surface area contributed by atoms with Crippen LogP contribution in [0.5, 0.6) is 0 Å². The van der Waals surface area contributed by atoms with Crippen LogP contribution in [-0.4, -0.2) is 166 Å². The van der Waals surface area contributed by atoms with E-state index in [9.17, 15) is 60.7 Å². The molecule has 2 bridgehead atoms. The monoisotopic (exact) mass is 977 g/mol. The largest absolute Gasteiger partial charge is 0.462 e. The molecule has 3 aliphatic heterocycles. The predicted molar refractivity (Wildman–Crippen MR) is 255 cm³/mol. The second-order valence-corrected chi connectivity index (χ2v) is 19.4. The molecule has 18 heteroatoms. The molecule has 0 spiro atoms. The molecule has 0 aromatic rings. The van der Waals surface area contributed by atoms with E-state index in [1.165, 1.54) is 0 Å². The number of rotatable bonds is 4. The van der Waals surface area contributed by atoms with Gasteiger partial charge in [-0.05, 0) is 52.4 Å². The molecule has 4 rings (SSSR count). The Morgan fingerprint density at radius 1 is 0.667 bits per heavy atom. The van der Waals surface area contributed by atoms with Crippen molar-refractivity contribution in [1.82, 2.24) is 5.32 Å². The molecule has 69 heavy (non-hydrogen) atoms. The molecular weight excluding hydrogens is 897 g/mol. The summed E-state index contributed by atoms with van der Waals surface area (Å²) in [6, 6.07) is -1.22. The smallest absolute Gasteiger partial charge is 0.308 e. The van der Waals surface area contributed by atoms with E-state index in [-0.39, 0.29) is 37.6 Å². The summed E-state index contributed by atoms with van der Waals surface area (Å²) in [7, 11) is 0. The topological polar surface area (TPSA) is 311 Å². The number of nitrogens with one attached hydrogen (secondary N) is 1. The van der Waals surface area contributed by atoms with Gasteiger partial charge in [-0.1, -0.05) is 98.9 Å². The highest BCUT2D eigenvalue weighted by atomic mass is 16.7. The molecule has 19 atom stereocenters. The van der Waals surface area contributed by atoms with Gasteiger partial charge in [-0.15, -0.1) is 0 Å². The fourth-order valence-corrected chi connectivity index (χ4v) is 8.84. The van der Waals surface area contributed by atoms with Gasteiger partial charge in [0.05, 0.1) is 85.5 Å². The first-order valence-corrected chi connectivity index (χ1v) is 24.4. The van der Waals surface area contributed by atoms with E-state index < -0.39 is 147 Å². The summed E-state index contributed by atoms with van der Waals surface area (Å²) in [6.07, 6.45) is 7.71. The number of carbonyl (C=O) groups is 2. The van der Waals surface area contributed by atoms with Crippen LogP contribution in [0.1, 0.15) is 98.3 Å². The molecule has 1 amide bonds. The average Bonchev–Trinajstić information content (AvgIpc) is 3.26. The van der Waals surface area contributed by atoms with Crippen molar-refractivity contribution in [3.8, 4) is 0 Å². The highest BCUT2D eigenvalue weighted by molar-refractivity contribution is 5.80. The number of fused-ring (bicyclic) bond motifs is 2. The fourth-order valence-electron chi connectivity index (χ4n) is 8.84. The van der Waals surface area contributed by atoms with Gasteiger partial charge in [0.2, 0.25) is 5.91 Å². The van der Waals surface area contributed by atoms with E-state index in [0.29, 0.717) is 0 Å². The third kappa shape index (κ3) is 18.9. The number of ether oxygens (including phenoxy) is 4. The van der Waals surface area contributed by atoms with Gasteiger partial charge in [0.25, 0.3) is 0 Å². The van der Waals surface area contributed by atoms with Crippen molar-refractivity contribution < 1.29 is 79.6 Å². The van der Waals surface area contributed by atoms with Crippen molar-refractivity contribution in [3.05, 3.63) is 85.1 Å². The van der Waals surface area contributed by atoms with Gasteiger partial charge in [0.1, 0.15) is 12.2 Å². The molecular formula is C51H80N2O16. The van der Waals surface area contributed by atoms with Crippen molar-refractivity contribution >= 4 is 11.9 Å². The van der Waals surface area contributed by atoms with Gasteiger partial charge in [0, 0.05) is 43.6 Å². The zero-order valence-electron chi connectivity index (χ0n) is 40.3. The van der Waals surface area contributed by atoms with Gasteiger partial charge < -0.3 is 81.1 Å². The van der Waals surface area contributed by atoms with Crippen LogP contribution in [0, 0.1) is 17.8 Å². The minimum atomic E-state index is -2.24. The molecule has 4 aliphatic rings. The molecule has 1 saturated carbocycles. The first-order chi connectivity index (χ1) is 32.7. The first-order valence-electron chi connectivity index (χ1n) is 24.4. The number of aliphatic hydroxyl groups is 10. The first kappa shape index (κ1) is 58.1. The van der Waals surface area contributed by atoms with Crippen LogP contribution in [0.2, 0.25) is 0 Å². The Hall–Kier alpha value is -3.44. The van der Waals surface area contributed by atoms with Gasteiger partial charge in [-0.2, -0.15) is 0 Å². The van der Waals surface area contributed by atoms with Crippen molar-refractivity contribution in [3.63, 3.8) is 0 Å². The zero-order chi connectivity index (χ0) is 50.8. The number of hydrogen-bond donors (Lipinski definition) is 12. The van der Waals surface area contributed by atoms with Crippen LogP contribution in [0.3, 0.4) is 0 Å².